The second kappa shape index (κ2) is 35.8. The molecule has 0 radical (unpaired) electrons. The Morgan fingerprint density at radius 3 is 1.73 bits per heavy atom. The molecule has 0 aliphatic heterocycles. The standard InChI is InChI=1S/C39H70NO8P/c1-4-6-8-10-12-14-16-18-19-20-22-23-25-27-29-31-38(41)45-35-37(36-47-49(43,44)46-34-33-40-3)48-39(42)32-30-28-26-24-21-17-15-13-11-9-7-5-2/h6,8,12,14,18-19,22-23,37,40H,4-5,7,9-11,13,15-17,20-21,24-36H2,1-3H3,(H,43,44)/b8-6-,14-12-,19-18-,23-22-. The van der Waals surface area contributed by atoms with Crippen molar-refractivity contribution in [3.05, 3.63) is 48.6 Å². The number of nitrogens with one attached hydrogen (secondary N) is 1. The minimum Gasteiger partial charge on any atom is -0.462 e. The van der Waals surface area contributed by atoms with E-state index in [-0.39, 0.29) is 26.1 Å². The van der Waals surface area contributed by atoms with Gasteiger partial charge in [-0.2, -0.15) is 0 Å². The molecule has 2 atom stereocenters. The van der Waals surface area contributed by atoms with E-state index in [1.54, 1.807) is 7.05 Å². The van der Waals surface area contributed by atoms with Crippen molar-refractivity contribution in [1.29, 1.82) is 0 Å². The van der Waals surface area contributed by atoms with Crippen molar-refractivity contribution in [3.8, 4) is 0 Å². The number of carbonyl (C=O) groups excluding carboxylic acids is 2. The summed E-state index contributed by atoms with van der Waals surface area (Å²) in [7, 11) is -2.66. The summed E-state index contributed by atoms with van der Waals surface area (Å²) in [6.07, 6.45) is 37.3. The van der Waals surface area contributed by atoms with E-state index in [9.17, 15) is 19.0 Å². The van der Waals surface area contributed by atoms with Crippen molar-refractivity contribution < 1.29 is 37.6 Å². The lowest BCUT2D eigenvalue weighted by atomic mass is 10.0. The molecule has 10 heteroatoms. The second-order valence-electron chi connectivity index (χ2n) is 12.4. The van der Waals surface area contributed by atoms with Gasteiger partial charge in [0.15, 0.2) is 6.10 Å². The van der Waals surface area contributed by atoms with Gasteiger partial charge in [-0.1, -0.05) is 133 Å². The lowest BCUT2D eigenvalue weighted by Gasteiger charge is -2.20. The number of hydrogen-bond donors (Lipinski definition) is 2. The van der Waals surface area contributed by atoms with Gasteiger partial charge in [0.1, 0.15) is 6.61 Å². The summed E-state index contributed by atoms with van der Waals surface area (Å²) in [6, 6.07) is 0. The summed E-state index contributed by atoms with van der Waals surface area (Å²) < 4.78 is 33.0. The first-order valence-corrected chi connectivity index (χ1v) is 20.6. The first-order valence-electron chi connectivity index (χ1n) is 19.1. The summed E-state index contributed by atoms with van der Waals surface area (Å²) in [4.78, 5) is 34.9. The number of unbranched alkanes of at least 4 members (excludes halogenated alkanes) is 13. The summed E-state index contributed by atoms with van der Waals surface area (Å²) in [5.41, 5.74) is 0. The molecule has 0 saturated carbocycles. The molecule has 9 nitrogen and oxygen atoms in total. The minimum absolute atomic E-state index is 0.0242. The van der Waals surface area contributed by atoms with Crippen LogP contribution < -0.4 is 5.32 Å². The maximum atomic E-state index is 12.5. The Bertz CT molecular complexity index is 949. The number of ether oxygens (including phenoxy) is 2. The summed E-state index contributed by atoms with van der Waals surface area (Å²) >= 11 is 0. The van der Waals surface area contributed by atoms with Crippen molar-refractivity contribution in [2.45, 2.75) is 155 Å². The van der Waals surface area contributed by atoms with E-state index in [1.807, 2.05) is 0 Å². The number of phosphoric ester groups is 1. The predicted molar refractivity (Wildman–Crippen MR) is 201 cm³/mol. The Hall–Kier alpha value is -2.03. The van der Waals surface area contributed by atoms with Gasteiger partial charge in [-0.25, -0.2) is 4.57 Å². The fourth-order valence-corrected chi connectivity index (χ4v) is 5.59. The number of phosphoric acid groups is 1. The highest BCUT2D eigenvalue weighted by Gasteiger charge is 2.26. The molecular formula is C39H70NO8P. The van der Waals surface area contributed by atoms with Crippen molar-refractivity contribution >= 4 is 19.8 Å². The number of hydrogen-bond acceptors (Lipinski definition) is 8. The van der Waals surface area contributed by atoms with Crippen molar-refractivity contribution in [3.63, 3.8) is 0 Å². The Morgan fingerprint density at radius 1 is 0.653 bits per heavy atom. The molecule has 0 amide bonds. The summed E-state index contributed by atoms with van der Waals surface area (Å²) in [6.45, 7) is 4.04. The maximum Gasteiger partial charge on any atom is 0.472 e. The molecule has 284 valence electrons. The SMILES string of the molecule is CC/C=C\C/C=C\C/C=C\C/C=C\CCCCC(=O)OCC(COP(=O)(O)OCCNC)OC(=O)CCCCCCCCCCCCCC. The van der Waals surface area contributed by atoms with E-state index in [1.165, 1.54) is 57.8 Å². The minimum atomic E-state index is -4.35. The van der Waals surface area contributed by atoms with Crippen molar-refractivity contribution in [1.82, 2.24) is 5.32 Å². The van der Waals surface area contributed by atoms with Crippen LogP contribution in [0, 0.1) is 0 Å². The molecule has 0 saturated heterocycles. The molecule has 0 aromatic heterocycles. The summed E-state index contributed by atoms with van der Waals surface area (Å²) in [5.74, 6) is -0.858. The fraction of sp³-hybridized carbons (Fsp3) is 0.744. The van der Waals surface area contributed by atoms with Crippen molar-refractivity contribution in [2.24, 2.45) is 0 Å². The van der Waals surface area contributed by atoms with Gasteiger partial charge in [-0.15, -0.1) is 0 Å². The average molecular weight is 712 g/mol. The molecule has 0 bridgehead atoms. The monoisotopic (exact) mass is 711 g/mol. The van der Waals surface area contributed by atoms with Crippen LogP contribution in [-0.2, 0) is 32.7 Å². The van der Waals surface area contributed by atoms with E-state index >= 15 is 0 Å². The largest absolute Gasteiger partial charge is 0.472 e. The molecule has 0 heterocycles. The van der Waals surface area contributed by atoms with Crippen LogP contribution in [0.1, 0.15) is 149 Å². The predicted octanol–water partition coefficient (Wildman–Crippen LogP) is 10.3. The van der Waals surface area contributed by atoms with Gasteiger partial charge in [0.25, 0.3) is 0 Å². The zero-order chi connectivity index (χ0) is 36.1. The van der Waals surface area contributed by atoms with Crippen LogP contribution in [0.3, 0.4) is 0 Å². The van der Waals surface area contributed by atoms with Gasteiger partial charge in [0.05, 0.1) is 13.2 Å². The van der Waals surface area contributed by atoms with Crippen LogP contribution in [0.5, 0.6) is 0 Å². The smallest absolute Gasteiger partial charge is 0.462 e. The number of carbonyl (C=O) groups is 2. The van der Waals surface area contributed by atoms with Gasteiger partial charge in [-0.05, 0) is 58.4 Å². The van der Waals surface area contributed by atoms with E-state index in [0.29, 0.717) is 19.4 Å². The highest BCUT2D eigenvalue weighted by atomic mass is 31.2. The molecule has 0 aromatic carbocycles. The van der Waals surface area contributed by atoms with Gasteiger partial charge in [0.2, 0.25) is 0 Å². The number of allylic oxidation sites excluding steroid dienone is 8. The molecule has 2 N–H and O–H groups in total. The molecule has 49 heavy (non-hydrogen) atoms. The molecule has 0 aliphatic carbocycles. The zero-order valence-electron chi connectivity index (χ0n) is 31.1. The maximum absolute atomic E-state index is 12.5. The first-order chi connectivity index (χ1) is 23.8. The van der Waals surface area contributed by atoms with E-state index < -0.39 is 32.5 Å². The quantitative estimate of drug-likeness (QED) is 0.0286. The van der Waals surface area contributed by atoms with Gasteiger partial charge >= 0.3 is 19.8 Å². The lowest BCUT2D eigenvalue weighted by molar-refractivity contribution is -0.161. The third-order valence-electron chi connectivity index (χ3n) is 7.71. The first kappa shape index (κ1) is 47.0. The molecule has 0 rings (SSSR count). The number of rotatable bonds is 35. The third-order valence-corrected chi connectivity index (χ3v) is 8.70. The molecule has 0 aliphatic rings. The van der Waals surface area contributed by atoms with Crippen molar-refractivity contribution in [2.75, 3.05) is 33.4 Å². The van der Waals surface area contributed by atoms with E-state index in [0.717, 1.165) is 51.4 Å². The fourth-order valence-electron chi connectivity index (χ4n) is 4.84. The topological polar surface area (TPSA) is 120 Å². The van der Waals surface area contributed by atoms with Crippen LogP contribution in [-0.4, -0.2) is 56.3 Å². The zero-order valence-corrected chi connectivity index (χ0v) is 32.0. The Kier molecular flexibility index (Phi) is 34.3. The van der Waals surface area contributed by atoms with Crippen LogP contribution in [0.15, 0.2) is 48.6 Å². The Morgan fingerprint density at radius 2 is 1.16 bits per heavy atom. The molecule has 2 unspecified atom stereocenters. The van der Waals surface area contributed by atoms with Crippen LogP contribution >= 0.6 is 7.82 Å². The van der Waals surface area contributed by atoms with E-state index in [2.05, 4.69) is 67.8 Å². The average Bonchev–Trinajstić information content (AvgIpc) is 3.08. The van der Waals surface area contributed by atoms with Crippen LogP contribution in [0.4, 0.5) is 0 Å². The number of likely N-dealkylation sites (N-methyl/N-ethyl adjacent to an activating group) is 1. The highest BCUT2D eigenvalue weighted by molar-refractivity contribution is 7.47. The third kappa shape index (κ3) is 35.6. The number of esters is 2. The molecular weight excluding hydrogens is 641 g/mol. The van der Waals surface area contributed by atoms with Gasteiger partial charge < -0.3 is 19.7 Å². The molecule has 0 fully saturated rings. The lowest BCUT2D eigenvalue weighted by Crippen LogP contribution is -2.29. The van der Waals surface area contributed by atoms with Crippen LogP contribution in [0.25, 0.3) is 0 Å². The highest BCUT2D eigenvalue weighted by Crippen LogP contribution is 2.43. The van der Waals surface area contributed by atoms with Gasteiger partial charge in [0, 0.05) is 19.4 Å². The second-order valence-corrected chi connectivity index (χ2v) is 13.8. The molecule has 0 spiro atoms. The normalized spacial score (nSPS) is 14.0. The Labute approximate surface area is 299 Å². The van der Waals surface area contributed by atoms with E-state index in [4.69, 9.17) is 18.5 Å². The van der Waals surface area contributed by atoms with Crippen LogP contribution in [0.2, 0.25) is 0 Å². The Balaban J connectivity index is 4.37. The molecule has 0 aromatic rings. The summed E-state index contributed by atoms with van der Waals surface area (Å²) in [5, 5.41) is 2.81. The van der Waals surface area contributed by atoms with Gasteiger partial charge in [-0.3, -0.25) is 18.6 Å².